The number of imide groups is 1. The number of carbonyl (C=O) groups excluding carboxylic acids is 4. The predicted octanol–water partition coefficient (Wildman–Crippen LogP) is 4.38. The number of aryl methyl sites for hydroxylation is 1. The highest BCUT2D eigenvalue weighted by Crippen LogP contribution is 2.49. The van der Waals surface area contributed by atoms with Crippen LogP contribution < -0.4 is 9.96 Å². The molecular weight excluding hydrogens is 508 g/mol. The zero-order valence-electron chi connectivity index (χ0n) is 21.3. The summed E-state index contributed by atoms with van der Waals surface area (Å²) in [6, 6.07) is 16.4. The van der Waals surface area contributed by atoms with Crippen LogP contribution in [-0.4, -0.2) is 43.6 Å². The van der Waals surface area contributed by atoms with E-state index in [9.17, 15) is 19.2 Å². The number of hydroxylamine groups is 1. The third kappa shape index (κ3) is 4.06. The van der Waals surface area contributed by atoms with Crippen molar-refractivity contribution in [2.24, 2.45) is 5.92 Å². The van der Waals surface area contributed by atoms with E-state index < -0.39 is 41.8 Å². The van der Waals surface area contributed by atoms with Gasteiger partial charge in [-0.1, -0.05) is 48.0 Å². The van der Waals surface area contributed by atoms with Crippen molar-refractivity contribution in [3.8, 4) is 0 Å². The molecule has 0 spiro atoms. The topological polar surface area (TPSA) is 102 Å². The number of carbonyl (C=O) groups is 4. The number of thiophene rings is 1. The molecule has 2 aliphatic rings. The van der Waals surface area contributed by atoms with Gasteiger partial charge in [0.2, 0.25) is 5.91 Å². The standard InChI is InChI=1S/C28H26N2O7S/c1-5-36-28(34)23-16(3)19(27(33)35-4)26(38-23)29-24(31)20-21(17-13-11-15(2)12-14-17)30(37-22(20)25(29)32)18-9-7-6-8-10-18/h6-14,20-22H,5H2,1-4H3/t20-,21-,22-/m1/s1. The van der Waals surface area contributed by atoms with E-state index in [1.54, 1.807) is 18.9 Å². The predicted molar refractivity (Wildman–Crippen MR) is 140 cm³/mol. The summed E-state index contributed by atoms with van der Waals surface area (Å²) in [7, 11) is 1.20. The van der Waals surface area contributed by atoms with Crippen LogP contribution in [0, 0.1) is 19.8 Å². The highest BCUT2D eigenvalue weighted by atomic mass is 32.1. The quantitative estimate of drug-likeness (QED) is 0.339. The molecule has 3 atom stereocenters. The molecule has 1 aromatic heterocycles. The molecule has 0 aliphatic carbocycles. The minimum absolute atomic E-state index is 0.0194. The molecule has 2 saturated heterocycles. The van der Waals surface area contributed by atoms with Gasteiger partial charge in [0.25, 0.3) is 5.91 Å². The maximum atomic E-state index is 14.0. The molecule has 0 radical (unpaired) electrons. The third-order valence-electron chi connectivity index (χ3n) is 6.73. The molecular formula is C28H26N2O7S. The molecule has 0 N–H and O–H groups in total. The number of hydrogen-bond acceptors (Lipinski definition) is 9. The highest BCUT2D eigenvalue weighted by molar-refractivity contribution is 7.19. The summed E-state index contributed by atoms with van der Waals surface area (Å²) in [6.07, 6.45) is -1.12. The summed E-state index contributed by atoms with van der Waals surface area (Å²) in [6.45, 7) is 5.32. The van der Waals surface area contributed by atoms with Gasteiger partial charge < -0.3 is 9.47 Å². The monoisotopic (exact) mass is 534 g/mol. The maximum Gasteiger partial charge on any atom is 0.348 e. The minimum Gasteiger partial charge on any atom is -0.465 e. The summed E-state index contributed by atoms with van der Waals surface area (Å²) in [5.41, 5.74) is 2.82. The summed E-state index contributed by atoms with van der Waals surface area (Å²) in [5, 5.41) is 1.64. The fraction of sp³-hybridized carbons (Fsp3) is 0.286. The largest absolute Gasteiger partial charge is 0.465 e. The average molecular weight is 535 g/mol. The Hall–Kier alpha value is -4.02. The summed E-state index contributed by atoms with van der Waals surface area (Å²) in [4.78, 5) is 60.4. The Morgan fingerprint density at radius 1 is 0.974 bits per heavy atom. The van der Waals surface area contributed by atoms with Crippen molar-refractivity contribution in [2.45, 2.75) is 32.9 Å². The van der Waals surface area contributed by atoms with Crippen LogP contribution in [0.25, 0.3) is 0 Å². The number of methoxy groups -OCH3 is 1. The molecule has 0 unspecified atom stereocenters. The number of benzene rings is 2. The Morgan fingerprint density at radius 2 is 1.66 bits per heavy atom. The molecule has 3 aromatic rings. The zero-order chi connectivity index (χ0) is 27.1. The number of hydrogen-bond donors (Lipinski definition) is 0. The minimum atomic E-state index is -1.12. The van der Waals surface area contributed by atoms with Crippen LogP contribution >= 0.6 is 11.3 Å². The van der Waals surface area contributed by atoms with Crippen molar-refractivity contribution >= 4 is 45.8 Å². The molecule has 38 heavy (non-hydrogen) atoms. The Labute approximate surface area is 223 Å². The molecule has 10 heteroatoms. The summed E-state index contributed by atoms with van der Waals surface area (Å²) in [5.74, 6) is -3.42. The lowest BCUT2D eigenvalue weighted by Crippen LogP contribution is -2.37. The normalized spacial score (nSPS) is 20.6. The lowest BCUT2D eigenvalue weighted by atomic mass is 9.90. The maximum absolute atomic E-state index is 14.0. The number of rotatable bonds is 6. The number of amides is 2. The van der Waals surface area contributed by atoms with E-state index in [1.807, 2.05) is 61.5 Å². The van der Waals surface area contributed by atoms with Crippen LogP contribution in [0.15, 0.2) is 54.6 Å². The van der Waals surface area contributed by atoms with Crippen molar-refractivity contribution in [3.05, 3.63) is 81.7 Å². The van der Waals surface area contributed by atoms with Gasteiger partial charge in [0.15, 0.2) is 6.10 Å². The molecule has 196 valence electrons. The van der Waals surface area contributed by atoms with Crippen LogP contribution in [-0.2, 0) is 23.9 Å². The number of fused-ring (bicyclic) bond motifs is 1. The van der Waals surface area contributed by atoms with Crippen molar-refractivity contribution < 1.29 is 33.5 Å². The van der Waals surface area contributed by atoms with E-state index in [2.05, 4.69) is 0 Å². The average Bonchev–Trinajstić information content (AvgIpc) is 3.55. The van der Waals surface area contributed by atoms with Gasteiger partial charge in [0, 0.05) is 0 Å². The molecule has 5 rings (SSSR count). The second kappa shape index (κ2) is 10.0. The van der Waals surface area contributed by atoms with E-state index in [1.165, 1.54) is 7.11 Å². The number of esters is 2. The first-order chi connectivity index (χ1) is 18.3. The Morgan fingerprint density at radius 3 is 2.29 bits per heavy atom. The summed E-state index contributed by atoms with van der Waals surface area (Å²) >= 11 is 0.857. The molecule has 9 nitrogen and oxygen atoms in total. The first-order valence-electron chi connectivity index (χ1n) is 12.1. The second-order valence-electron chi connectivity index (χ2n) is 9.03. The van der Waals surface area contributed by atoms with Gasteiger partial charge in [-0.2, -0.15) is 0 Å². The molecule has 0 saturated carbocycles. The smallest absolute Gasteiger partial charge is 0.348 e. The van der Waals surface area contributed by atoms with Crippen molar-refractivity contribution in [1.29, 1.82) is 0 Å². The van der Waals surface area contributed by atoms with Gasteiger partial charge in [-0.3, -0.25) is 14.4 Å². The second-order valence-corrected chi connectivity index (χ2v) is 10.0. The van der Waals surface area contributed by atoms with E-state index in [0.29, 0.717) is 5.69 Å². The molecule has 2 aliphatic heterocycles. The SMILES string of the molecule is CCOC(=O)c1sc(N2C(=O)[C@@H]3[C@@H](c4ccc(C)cc4)N(c4ccccc4)O[C@H]3C2=O)c(C(=O)OC)c1C. The third-order valence-corrected chi connectivity index (χ3v) is 7.98. The van der Waals surface area contributed by atoms with Gasteiger partial charge in [0.1, 0.15) is 15.8 Å². The van der Waals surface area contributed by atoms with Crippen molar-refractivity contribution in [1.82, 2.24) is 0 Å². The molecule has 3 heterocycles. The number of nitrogens with zero attached hydrogens (tertiary/aromatic N) is 2. The van der Waals surface area contributed by atoms with Gasteiger partial charge >= 0.3 is 11.9 Å². The summed E-state index contributed by atoms with van der Waals surface area (Å²) < 4.78 is 10.1. The van der Waals surface area contributed by atoms with E-state index in [0.717, 1.165) is 27.4 Å². The van der Waals surface area contributed by atoms with Crippen LogP contribution in [0.1, 0.15) is 49.7 Å². The number of ether oxygens (including phenoxy) is 2. The van der Waals surface area contributed by atoms with E-state index in [4.69, 9.17) is 14.3 Å². The van der Waals surface area contributed by atoms with Gasteiger partial charge in [-0.25, -0.2) is 19.6 Å². The zero-order valence-corrected chi connectivity index (χ0v) is 22.1. The van der Waals surface area contributed by atoms with Crippen molar-refractivity contribution in [3.63, 3.8) is 0 Å². The van der Waals surface area contributed by atoms with Gasteiger partial charge in [0.05, 0.1) is 31.0 Å². The molecule has 2 fully saturated rings. The molecule has 0 bridgehead atoms. The first-order valence-corrected chi connectivity index (χ1v) is 12.9. The Bertz CT molecular complexity index is 1420. The van der Waals surface area contributed by atoms with Crippen LogP contribution in [0.4, 0.5) is 10.7 Å². The highest BCUT2D eigenvalue weighted by Gasteiger charge is 2.61. The Balaban J connectivity index is 1.61. The van der Waals surface area contributed by atoms with Gasteiger partial charge in [-0.15, -0.1) is 11.3 Å². The van der Waals surface area contributed by atoms with Crippen LogP contribution in [0.3, 0.4) is 0 Å². The first kappa shape index (κ1) is 25.6. The fourth-order valence-corrected chi connectivity index (χ4v) is 6.11. The lowest BCUT2D eigenvalue weighted by Gasteiger charge is -2.28. The van der Waals surface area contributed by atoms with E-state index in [-0.39, 0.29) is 27.6 Å². The molecule has 2 amide bonds. The Kier molecular flexibility index (Phi) is 6.77. The lowest BCUT2D eigenvalue weighted by molar-refractivity contribution is -0.126. The van der Waals surface area contributed by atoms with Gasteiger partial charge in [-0.05, 0) is 44.0 Å². The van der Waals surface area contributed by atoms with E-state index >= 15 is 0 Å². The van der Waals surface area contributed by atoms with Crippen molar-refractivity contribution in [2.75, 3.05) is 23.7 Å². The van der Waals surface area contributed by atoms with Crippen LogP contribution in [0.5, 0.6) is 0 Å². The number of para-hydroxylation sites is 1. The fourth-order valence-electron chi connectivity index (χ4n) is 4.91. The van der Waals surface area contributed by atoms with Crippen LogP contribution in [0.2, 0.25) is 0 Å². The number of anilines is 2. The molecule has 2 aromatic carbocycles.